The summed E-state index contributed by atoms with van der Waals surface area (Å²) in [7, 11) is 0. The van der Waals surface area contributed by atoms with Gasteiger partial charge in [-0.2, -0.15) is 0 Å². The lowest BCUT2D eigenvalue weighted by molar-refractivity contribution is 0.340. The number of hydrogen-bond donors (Lipinski definition) is 1. The lowest BCUT2D eigenvalue weighted by Crippen LogP contribution is -1.97. The van der Waals surface area contributed by atoms with Crippen LogP contribution >= 0.6 is 0 Å². The van der Waals surface area contributed by atoms with Crippen LogP contribution in [0.5, 0.6) is 5.75 Å². The van der Waals surface area contributed by atoms with E-state index in [1.165, 1.54) is 0 Å². The Morgan fingerprint density at radius 2 is 1.86 bits per heavy atom. The SMILES string of the molecule is CCOc1ccc2c(c1)nc(-c1ccc(N)cc1)n2CC. The standard InChI is InChI=1S/C17H19N3O/c1-3-20-16-10-9-14(21-4-2)11-15(16)19-17(20)12-5-7-13(18)8-6-12/h5-11H,3-4,18H2,1-2H3. The van der Waals surface area contributed by atoms with Crippen LogP contribution in [0.15, 0.2) is 42.5 Å². The van der Waals surface area contributed by atoms with E-state index in [0.29, 0.717) is 6.61 Å². The summed E-state index contributed by atoms with van der Waals surface area (Å²) < 4.78 is 7.76. The van der Waals surface area contributed by atoms with E-state index in [1.54, 1.807) is 0 Å². The maximum Gasteiger partial charge on any atom is 0.141 e. The van der Waals surface area contributed by atoms with Crippen molar-refractivity contribution in [3.05, 3.63) is 42.5 Å². The number of aryl methyl sites for hydroxylation is 1. The molecular weight excluding hydrogens is 262 g/mol. The van der Waals surface area contributed by atoms with Gasteiger partial charge in [-0.15, -0.1) is 0 Å². The molecule has 3 rings (SSSR count). The fourth-order valence-electron chi connectivity index (χ4n) is 2.54. The fraction of sp³-hybridized carbons (Fsp3) is 0.235. The number of benzene rings is 2. The molecule has 0 aliphatic carbocycles. The molecule has 0 atom stereocenters. The third-order valence-electron chi connectivity index (χ3n) is 3.52. The molecule has 0 aliphatic rings. The van der Waals surface area contributed by atoms with Gasteiger partial charge in [-0.1, -0.05) is 0 Å². The normalized spacial score (nSPS) is 11.0. The molecule has 4 nitrogen and oxygen atoms in total. The Labute approximate surface area is 124 Å². The molecule has 0 saturated carbocycles. The number of ether oxygens (including phenoxy) is 1. The minimum Gasteiger partial charge on any atom is -0.494 e. The van der Waals surface area contributed by atoms with Crippen LogP contribution in [0.4, 0.5) is 5.69 Å². The van der Waals surface area contributed by atoms with E-state index in [4.69, 9.17) is 15.5 Å². The third-order valence-corrected chi connectivity index (χ3v) is 3.52. The van der Waals surface area contributed by atoms with Crippen LogP contribution in [-0.4, -0.2) is 16.2 Å². The third kappa shape index (κ3) is 2.44. The smallest absolute Gasteiger partial charge is 0.141 e. The van der Waals surface area contributed by atoms with Crippen molar-refractivity contribution >= 4 is 16.7 Å². The van der Waals surface area contributed by atoms with Crippen LogP contribution < -0.4 is 10.5 Å². The Morgan fingerprint density at radius 1 is 1.10 bits per heavy atom. The molecule has 0 unspecified atom stereocenters. The molecule has 1 heterocycles. The zero-order valence-electron chi connectivity index (χ0n) is 12.3. The first-order chi connectivity index (χ1) is 10.2. The summed E-state index contributed by atoms with van der Waals surface area (Å²) in [5.41, 5.74) is 9.66. The van der Waals surface area contributed by atoms with Crippen LogP contribution in [0.1, 0.15) is 13.8 Å². The van der Waals surface area contributed by atoms with Crippen LogP contribution in [0.3, 0.4) is 0 Å². The van der Waals surface area contributed by atoms with Gasteiger partial charge < -0.3 is 15.0 Å². The largest absolute Gasteiger partial charge is 0.494 e. The minimum absolute atomic E-state index is 0.658. The zero-order chi connectivity index (χ0) is 14.8. The van der Waals surface area contributed by atoms with Crippen molar-refractivity contribution in [1.29, 1.82) is 0 Å². The molecule has 2 N–H and O–H groups in total. The first kappa shape index (κ1) is 13.5. The number of hydrogen-bond acceptors (Lipinski definition) is 3. The molecule has 0 radical (unpaired) electrons. The van der Waals surface area contributed by atoms with Crippen LogP contribution in [-0.2, 0) is 6.54 Å². The molecule has 3 aromatic rings. The molecular formula is C17H19N3O. The van der Waals surface area contributed by atoms with Crippen LogP contribution in [0.2, 0.25) is 0 Å². The summed E-state index contributed by atoms with van der Waals surface area (Å²) in [5.74, 6) is 1.82. The molecule has 0 amide bonds. The molecule has 1 aromatic heterocycles. The number of imidazole rings is 1. The predicted octanol–water partition coefficient (Wildman–Crippen LogP) is 3.70. The molecule has 0 saturated heterocycles. The Morgan fingerprint density at radius 3 is 2.52 bits per heavy atom. The lowest BCUT2D eigenvalue weighted by atomic mass is 10.2. The van der Waals surface area contributed by atoms with Gasteiger partial charge in [-0.25, -0.2) is 4.98 Å². The topological polar surface area (TPSA) is 53.1 Å². The number of fused-ring (bicyclic) bond motifs is 1. The number of nitrogens with zero attached hydrogens (tertiary/aromatic N) is 2. The predicted molar refractivity (Wildman–Crippen MR) is 86.4 cm³/mol. The molecule has 21 heavy (non-hydrogen) atoms. The maximum atomic E-state index is 5.76. The number of rotatable bonds is 4. The van der Waals surface area contributed by atoms with Gasteiger partial charge in [0, 0.05) is 23.9 Å². The van der Waals surface area contributed by atoms with Crippen molar-refractivity contribution in [3.63, 3.8) is 0 Å². The summed E-state index contributed by atoms with van der Waals surface area (Å²) in [6.07, 6.45) is 0. The number of aromatic nitrogens is 2. The van der Waals surface area contributed by atoms with Crippen molar-refractivity contribution in [2.45, 2.75) is 20.4 Å². The Bertz CT molecular complexity index is 760. The summed E-state index contributed by atoms with van der Waals surface area (Å²) in [4.78, 5) is 4.77. The van der Waals surface area contributed by atoms with E-state index in [-0.39, 0.29) is 0 Å². The van der Waals surface area contributed by atoms with Crippen LogP contribution in [0.25, 0.3) is 22.4 Å². The second kappa shape index (κ2) is 5.48. The molecule has 4 heteroatoms. The number of nitrogen functional groups attached to an aromatic ring is 1. The summed E-state index contributed by atoms with van der Waals surface area (Å²) >= 11 is 0. The lowest BCUT2D eigenvalue weighted by Gasteiger charge is -2.06. The first-order valence-corrected chi connectivity index (χ1v) is 7.22. The second-order valence-electron chi connectivity index (χ2n) is 4.89. The average Bonchev–Trinajstić information content (AvgIpc) is 2.86. The van der Waals surface area contributed by atoms with Gasteiger partial charge >= 0.3 is 0 Å². The highest BCUT2D eigenvalue weighted by Gasteiger charge is 2.12. The Hall–Kier alpha value is -2.49. The zero-order valence-corrected chi connectivity index (χ0v) is 12.3. The van der Waals surface area contributed by atoms with Crippen molar-refractivity contribution in [2.75, 3.05) is 12.3 Å². The van der Waals surface area contributed by atoms with Crippen molar-refractivity contribution in [1.82, 2.24) is 9.55 Å². The van der Waals surface area contributed by atoms with Gasteiger partial charge in [0.05, 0.1) is 17.6 Å². The van der Waals surface area contributed by atoms with E-state index in [2.05, 4.69) is 17.6 Å². The van der Waals surface area contributed by atoms with Gasteiger partial charge in [-0.3, -0.25) is 0 Å². The minimum atomic E-state index is 0.658. The van der Waals surface area contributed by atoms with E-state index < -0.39 is 0 Å². The van der Waals surface area contributed by atoms with Gasteiger partial charge in [0.25, 0.3) is 0 Å². The van der Waals surface area contributed by atoms with Gasteiger partial charge in [0.1, 0.15) is 11.6 Å². The fourth-order valence-corrected chi connectivity index (χ4v) is 2.54. The molecule has 0 spiro atoms. The molecule has 108 valence electrons. The number of nitrogens with two attached hydrogens (primary N) is 1. The Balaban J connectivity index is 2.15. The molecule has 0 fully saturated rings. The molecule has 0 bridgehead atoms. The van der Waals surface area contributed by atoms with E-state index >= 15 is 0 Å². The Kier molecular flexibility index (Phi) is 3.52. The molecule has 2 aromatic carbocycles. The van der Waals surface area contributed by atoms with Crippen molar-refractivity contribution in [3.8, 4) is 17.1 Å². The van der Waals surface area contributed by atoms with Gasteiger partial charge in [0.15, 0.2) is 0 Å². The van der Waals surface area contributed by atoms with Crippen molar-refractivity contribution in [2.24, 2.45) is 0 Å². The maximum absolute atomic E-state index is 5.76. The van der Waals surface area contributed by atoms with Gasteiger partial charge in [-0.05, 0) is 50.2 Å². The monoisotopic (exact) mass is 281 g/mol. The quantitative estimate of drug-likeness (QED) is 0.742. The summed E-state index contributed by atoms with van der Waals surface area (Å²) in [5, 5.41) is 0. The van der Waals surface area contributed by atoms with E-state index in [0.717, 1.165) is 40.4 Å². The highest BCUT2D eigenvalue weighted by Crippen LogP contribution is 2.28. The highest BCUT2D eigenvalue weighted by molar-refractivity contribution is 5.82. The van der Waals surface area contributed by atoms with E-state index in [1.807, 2.05) is 43.3 Å². The van der Waals surface area contributed by atoms with Gasteiger partial charge in [0.2, 0.25) is 0 Å². The summed E-state index contributed by atoms with van der Waals surface area (Å²) in [6.45, 7) is 5.63. The summed E-state index contributed by atoms with van der Waals surface area (Å²) in [6, 6.07) is 13.9. The molecule has 0 aliphatic heterocycles. The first-order valence-electron chi connectivity index (χ1n) is 7.22. The number of anilines is 1. The van der Waals surface area contributed by atoms with Crippen LogP contribution in [0, 0.1) is 0 Å². The van der Waals surface area contributed by atoms with Crippen molar-refractivity contribution < 1.29 is 4.74 Å². The highest BCUT2D eigenvalue weighted by atomic mass is 16.5. The van der Waals surface area contributed by atoms with E-state index in [9.17, 15) is 0 Å². The second-order valence-corrected chi connectivity index (χ2v) is 4.89. The average molecular weight is 281 g/mol.